The summed E-state index contributed by atoms with van der Waals surface area (Å²) >= 11 is 0. The third kappa shape index (κ3) is 6.00. The van der Waals surface area contributed by atoms with Crippen molar-refractivity contribution in [3.8, 4) is 5.88 Å². The van der Waals surface area contributed by atoms with E-state index < -0.39 is 30.4 Å². The fourth-order valence-corrected chi connectivity index (χ4v) is 2.06. The van der Waals surface area contributed by atoms with Gasteiger partial charge in [-0.05, 0) is 23.1 Å². The number of alkyl halides is 6. The monoisotopic (exact) mass is 393 g/mol. The normalized spacial score (nSPS) is 12.8. The number of ether oxygens (including phenoxy) is 1. The van der Waals surface area contributed by atoms with Gasteiger partial charge in [-0.3, -0.25) is 0 Å². The third-order valence-corrected chi connectivity index (χ3v) is 3.44. The molecule has 2 rings (SSSR count). The first-order valence-corrected chi connectivity index (χ1v) is 7.77. The van der Waals surface area contributed by atoms with Gasteiger partial charge in [0.05, 0.1) is 0 Å². The lowest BCUT2D eigenvalue weighted by Gasteiger charge is -2.19. The molecular formula is C17H17F6N3O. The van der Waals surface area contributed by atoms with Crippen molar-refractivity contribution in [1.29, 1.82) is 0 Å². The molecule has 0 spiro atoms. The average Bonchev–Trinajstić information content (AvgIpc) is 2.51. The van der Waals surface area contributed by atoms with Gasteiger partial charge in [0.15, 0.2) is 6.61 Å². The van der Waals surface area contributed by atoms with Gasteiger partial charge in [0.1, 0.15) is 5.56 Å². The Hall–Kier alpha value is -2.52. The van der Waals surface area contributed by atoms with Crippen LogP contribution in [-0.4, -0.2) is 22.8 Å². The second-order valence-corrected chi connectivity index (χ2v) is 6.77. The van der Waals surface area contributed by atoms with Crippen LogP contribution < -0.4 is 10.1 Å². The lowest BCUT2D eigenvalue weighted by atomic mass is 9.87. The predicted octanol–water partition coefficient (Wildman–Crippen LogP) is 5.48. The summed E-state index contributed by atoms with van der Waals surface area (Å²) in [7, 11) is 0. The van der Waals surface area contributed by atoms with Crippen molar-refractivity contribution < 1.29 is 31.1 Å². The standard InChI is InChI=1S/C17H17F6N3O/c1-15(2,3)10-4-6-11(7-5-10)25-14-24-8-12(17(21,22)23)13(26-14)27-9-16(18,19)20/h4-8H,9H2,1-3H3,(H,24,25,26). The molecule has 0 saturated carbocycles. The molecule has 0 atom stereocenters. The second kappa shape index (κ2) is 7.24. The number of benzene rings is 1. The topological polar surface area (TPSA) is 47.0 Å². The van der Waals surface area contributed by atoms with Crippen LogP contribution in [0.25, 0.3) is 0 Å². The molecule has 0 radical (unpaired) electrons. The van der Waals surface area contributed by atoms with Crippen molar-refractivity contribution in [2.24, 2.45) is 0 Å². The van der Waals surface area contributed by atoms with Crippen molar-refractivity contribution in [2.45, 2.75) is 38.5 Å². The van der Waals surface area contributed by atoms with E-state index in [4.69, 9.17) is 0 Å². The molecule has 0 saturated heterocycles. The minimum Gasteiger partial charge on any atom is -0.467 e. The van der Waals surface area contributed by atoms with Crippen LogP contribution in [0.2, 0.25) is 0 Å². The smallest absolute Gasteiger partial charge is 0.423 e. The maximum atomic E-state index is 12.9. The summed E-state index contributed by atoms with van der Waals surface area (Å²) in [4.78, 5) is 6.96. The van der Waals surface area contributed by atoms with Gasteiger partial charge in [0.2, 0.25) is 11.8 Å². The number of nitrogens with zero attached hydrogens (tertiary/aromatic N) is 2. The van der Waals surface area contributed by atoms with Gasteiger partial charge in [0.25, 0.3) is 0 Å². The molecule has 0 aliphatic rings. The third-order valence-electron chi connectivity index (χ3n) is 3.44. The summed E-state index contributed by atoms with van der Waals surface area (Å²) in [6.07, 6.45) is -9.37. The van der Waals surface area contributed by atoms with Gasteiger partial charge in [-0.15, -0.1) is 0 Å². The van der Waals surface area contributed by atoms with Crippen LogP contribution in [-0.2, 0) is 11.6 Å². The van der Waals surface area contributed by atoms with Gasteiger partial charge in [-0.1, -0.05) is 32.9 Å². The predicted molar refractivity (Wildman–Crippen MR) is 87.0 cm³/mol. The molecule has 1 aromatic carbocycles. The molecule has 0 aliphatic carbocycles. The van der Waals surface area contributed by atoms with Gasteiger partial charge < -0.3 is 10.1 Å². The molecule has 0 bridgehead atoms. The molecule has 0 fully saturated rings. The number of rotatable bonds is 4. The van der Waals surface area contributed by atoms with E-state index in [-0.39, 0.29) is 11.4 Å². The lowest BCUT2D eigenvalue weighted by Crippen LogP contribution is -2.22. The summed E-state index contributed by atoms with van der Waals surface area (Å²) in [6, 6.07) is 6.96. The zero-order valence-electron chi connectivity index (χ0n) is 14.7. The van der Waals surface area contributed by atoms with Crippen LogP contribution in [0.4, 0.5) is 38.0 Å². The molecule has 10 heteroatoms. The fraction of sp³-hybridized carbons (Fsp3) is 0.412. The SMILES string of the molecule is CC(C)(C)c1ccc(Nc2ncc(C(F)(F)F)c(OCC(F)(F)F)n2)cc1. The van der Waals surface area contributed by atoms with Gasteiger partial charge in [-0.2, -0.15) is 31.3 Å². The lowest BCUT2D eigenvalue weighted by molar-refractivity contribution is -0.159. The molecule has 0 aliphatic heterocycles. The molecule has 0 unspecified atom stereocenters. The Labute approximate surface area is 151 Å². The van der Waals surface area contributed by atoms with Crippen LogP contribution in [0.15, 0.2) is 30.5 Å². The number of nitrogens with one attached hydrogen (secondary N) is 1. The number of aromatic nitrogens is 2. The Balaban J connectivity index is 2.27. The van der Waals surface area contributed by atoms with Gasteiger partial charge >= 0.3 is 12.4 Å². The zero-order chi connectivity index (χ0) is 20.5. The van der Waals surface area contributed by atoms with E-state index in [0.717, 1.165) is 5.56 Å². The van der Waals surface area contributed by atoms with Crippen LogP contribution in [0.1, 0.15) is 31.9 Å². The highest BCUT2D eigenvalue weighted by molar-refractivity contribution is 5.54. The second-order valence-electron chi connectivity index (χ2n) is 6.77. The first-order chi connectivity index (χ1) is 12.3. The number of halogens is 6. The fourth-order valence-electron chi connectivity index (χ4n) is 2.06. The van der Waals surface area contributed by atoms with Crippen LogP contribution in [0, 0.1) is 0 Å². The molecule has 1 aromatic heterocycles. The molecule has 0 amide bonds. The maximum absolute atomic E-state index is 12.9. The Morgan fingerprint density at radius 3 is 2.04 bits per heavy atom. The quantitative estimate of drug-likeness (QED) is 0.699. The summed E-state index contributed by atoms with van der Waals surface area (Å²) < 4.78 is 79.9. The number of anilines is 2. The Bertz CT molecular complexity index is 779. The van der Waals surface area contributed by atoms with E-state index in [2.05, 4.69) is 20.0 Å². The van der Waals surface area contributed by atoms with Crippen molar-refractivity contribution in [2.75, 3.05) is 11.9 Å². The van der Waals surface area contributed by atoms with Gasteiger partial charge in [-0.25, -0.2) is 4.98 Å². The van der Waals surface area contributed by atoms with E-state index in [0.29, 0.717) is 11.9 Å². The first kappa shape index (κ1) is 20.8. The largest absolute Gasteiger partial charge is 0.467 e. The highest BCUT2D eigenvalue weighted by atomic mass is 19.4. The minimum absolute atomic E-state index is 0.0952. The van der Waals surface area contributed by atoms with E-state index in [9.17, 15) is 26.3 Å². The van der Waals surface area contributed by atoms with Crippen LogP contribution in [0.3, 0.4) is 0 Å². The van der Waals surface area contributed by atoms with E-state index in [1.165, 1.54) is 0 Å². The Kier molecular flexibility index (Phi) is 5.58. The van der Waals surface area contributed by atoms with E-state index in [1.54, 1.807) is 12.1 Å². The molecule has 2 aromatic rings. The van der Waals surface area contributed by atoms with E-state index in [1.807, 2.05) is 32.9 Å². The summed E-state index contributed by atoms with van der Waals surface area (Å²) in [5.41, 5.74) is -0.0948. The Morgan fingerprint density at radius 2 is 1.56 bits per heavy atom. The minimum atomic E-state index is -4.95. The maximum Gasteiger partial charge on any atom is 0.423 e. The molecule has 148 valence electrons. The highest BCUT2D eigenvalue weighted by Gasteiger charge is 2.38. The summed E-state index contributed by atoms with van der Waals surface area (Å²) in [5, 5.41) is 2.65. The molecule has 1 heterocycles. The molecule has 4 nitrogen and oxygen atoms in total. The summed E-state index contributed by atoms with van der Waals surface area (Å²) in [5.74, 6) is -1.51. The van der Waals surface area contributed by atoms with Crippen molar-refractivity contribution in [3.05, 3.63) is 41.6 Å². The molecular weight excluding hydrogens is 376 g/mol. The van der Waals surface area contributed by atoms with Crippen LogP contribution >= 0.6 is 0 Å². The van der Waals surface area contributed by atoms with Gasteiger partial charge in [0, 0.05) is 11.9 Å². The highest BCUT2D eigenvalue weighted by Crippen LogP contribution is 2.36. The zero-order valence-corrected chi connectivity index (χ0v) is 14.7. The van der Waals surface area contributed by atoms with Crippen molar-refractivity contribution >= 4 is 11.6 Å². The van der Waals surface area contributed by atoms with Crippen LogP contribution in [0.5, 0.6) is 5.88 Å². The average molecular weight is 393 g/mol. The van der Waals surface area contributed by atoms with E-state index >= 15 is 0 Å². The number of hydrogen-bond acceptors (Lipinski definition) is 4. The van der Waals surface area contributed by atoms with Crippen molar-refractivity contribution in [1.82, 2.24) is 9.97 Å². The molecule has 1 N–H and O–H groups in total. The summed E-state index contributed by atoms with van der Waals surface area (Å²) in [6.45, 7) is 4.14. The number of hydrogen-bond donors (Lipinski definition) is 1. The Morgan fingerprint density at radius 1 is 0.963 bits per heavy atom. The molecule has 27 heavy (non-hydrogen) atoms. The first-order valence-electron chi connectivity index (χ1n) is 7.77. The van der Waals surface area contributed by atoms with Crippen molar-refractivity contribution in [3.63, 3.8) is 0 Å².